The zero-order chi connectivity index (χ0) is 5.56. The molecule has 1 unspecified atom stereocenters. The smallest absolute Gasteiger partial charge is 0.0989 e. The molecule has 3 heteroatoms. The highest BCUT2D eigenvalue weighted by molar-refractivity contribution is 4.96. The van der Waals surface area contributed by atoms with Gasteiger partial charge in [-0.2, -0.15) is 0 Å². The fourth-order valence-electron chi connectivity index (χ4n) is 1.31. The predicted octanol–water partition coefficient (Wildman–Crippen LogP) is -1.28. The Bertz CT molecular complexity index is 86.6. The lowest BCUT2D eigenvalue weighted by molar-refractivity contribution is 0.0519. The summed E-state index contributed by atoms with van der Waals surface area (Å²) in [6.07, 6.45) is -0.157. The molecule has 0 spiro atoms. The van der Waals surface area contributed by atoms with E-state index in [4.69, 9.17) is 9.84 Å². The normalized spacial score (nSPS) is 52.9. The number of aliphatic hydroxyl groups is 1. The van der Waals surface area contributed by atoms with Gasteiger partial charge in [-0.3, -0.25) is 0 Å². The van der Waals surface area contributed by atoms with Crippen molar-refractivity contribution in [3.63, 3.8) is 0 Å². The van der Waals surface area contributed by atoms with Crippen LogP contribution in [0.3, 0.4) is 0 Å². The minimum atomic E-state index is -0.241. The zero-order valence-electron chi connectivity index (χ0n) is 4.50. The molecule has 2 fully saturated rings. The maximum atomic E-state index is 9.14. The van der Waals surface area contributed by atoms with E-state index in [2.05, 4.69) is 5.32 Å². The maximum Gasteiger partial charge on any atom is 0.0989 e. The van der Waals surface area contributed by atoms with Crippen LogP contribution < -0.4 is 5.32 Å². The second-order valence-corrected chi connectivity index (χ2v) is 2.38. The third-order valence-electron chi connectivity index (χ3n) is 1.86. The third kappa shape index (κ3) is 0.438. The Morgan fingerprint density at radius 2 is 2.50 bits per heavy atom. The Balaban J connectivity index is 2.16. The average molecular weight is 115 g/mol. The van der Waals surface area contributed by atoms with Gasteiger partial charge in [-0.1, -0.05) is 0 Å². The van der Waals surface area contributed by atoms with Crippen LogP contribution in [0.2, 0.25) is 0 Å². The maximum absolute atomic E-state index is 9.14. The summed E-state index contributed by atoms with van der Waals surface area (Å²) < 4.78 is 5.15. The van der Waals surface area contributed by atoms with E-state index in [1.807, 2.05) is 0 Å². The van der Waals surface area contributed by atoms with Crippen LogP contribution in [-0.2, 0) is 4.74 Å². The summed E-state index contributed by atoms with van der Waals surface area (Å²) in [4.78, 5) is 0. The molecule has 2 bridgehead atoms. The van der Waals surface area contributed by atoms with Gasteiger partial charge in [0.05, 0.1) is 24.9 Å². The molecule has 2 heterocycles. The lowest BCUT2D eigenvalue weighted by atomic mass is 10.2. The number of morpholine rings is 1. The molecule has 0 aliphatic carbocycles. The number of hydrogen-bond acceptors (Lipinski definition) is 3. The molecule has 2 saturated heterocycles. The fraction of sp³-hybridized carbons (Fsp3) is 1.00. The summed E-state index contributed by atoms with van der Waals surface area (Å²) in [7, 11) is 0. The van der Waals surface area contributed by atoms with Crippen molar-refractivity contribution in [1.82, 2.24) is 5.32 Å². The van der Waals surface area contributed by atoms with Crippen molar-refractivity contribution in [1.29, 1.82) is 0 Å². The van der Waals surface area contributed by atoms with Gasteiger partial charge in [0, 0.05) is 6.54 Å². The quantitative estimate of drug-likeness (QED) is 0.413. The van der Waals surface area contributed by atoms with Crippen LogP contribution in [0.15, 0.2) is 0 Å². The highest BCUT2D eigenvalue weighted by atomic mass is 16.5. The fourth-order valence-corrected chi connectivity index (χ4v) is 1.31. The van der Waals surface area contributed by atoms with Crippen molar-refractivity contribution < 1.29 is 9.84 Å². The molecule has 46 valence electrons. The summed E-state index contributed by atoms with van der Waals surface area (Å²) in [5, 5.41) is 12.3. The van der Waals surface area contributed by atoms with E-state index in [9.17, 15) is 0 Å². The second kappa shape index (κ2) is 1.43. The molecule has 0 radical (unpaired) electrons. The molecular formula is C5H9NO2. The first kappa shape index (κ1) is 4.73. The summed E-state index contributed by atoms with van der Waals surface area (Å²) in [6.45, 7) is 1.51. The van der Waals surface area contributed by atoms with E-state index in [1.54, 1.807) is 0 Å². The van der Waals surface area contributed by atoms with E-state index in [1.165, 1.54) is 0 Å². The van der Waals surface area contributed by atoms with Crippen molar-refractivity contribution in [2.75, 3.05) is 13.2 Å². The molecule has 2 aliphatic rings. The lowest BCUT2D eigenvalue weighted by Crippen LogP contribution is -2.32. The van der Waals surface area contributed by atoms with Crippen LogP contribution in [0.5, 0.6) is 0 Å². The monoisotopic (exact) mass is 115 g/mol. The molecule has 3 atom stereocenters. The Morgan fingerprint density at radius 3 is 2.62 bits per heavy atom. The van der Waals surface area contributed by atoms with Crippen LogP contribution in [0, 0.1) is 0 Å². The molecule has 0 aromatic rings. The summed E-state index contributed by atoms with van der Waals surface area (Å²) in [6, 6.07) is 0.222. The largest absolute Gasteiger partial charge is 0.389 e. The van der Waals surface area contributed by atoms with Gasteiger partial charge in [0.25, 0.3) is 0 Å². The number of aliphatic hydroxyl groups excluding tert-OH is 1. The topological polar surface area (TPSA) is 41.5 Å². The standard InChI is InChI=1S/C5H9NO2/c7-5-3-2-8-4(5)1-6-3/h3-7H,1-2H2/t3-,4-,5?/m1/s1. The van der Waals surface area contributed by atoms with Gasteiger partial charge >= 0.3 is 0 Å². The second-order valence-electron chi connectivity index (χ2n) is 2.38. The van der Waals surface area contributed by atoms with Crippen LogP contribution in [-0.4, -0.2) is 36.5 Å². The van der Waals surface area contributed by atoms with E-state index >= 15 is 0 Å². The summed E-state index contributed by atoms with van der Waals surface area (Å²) in [5.41, 5.74) is 0. The van der Waals surface area contributed by atoms with Crippen LogP contribution in [0.25, 0.3) is 0 Å². The average Bonchev–Trinajstić information content (AvgIpc) is 2.29. The van der Waals surface area contributed by atoms with Crippen molar-refractivity contribution in [3.8, 4) is 0 Å². The van der Waals surface area contributed by atoms with Gasteiger partial charge in [-0.05, 0) is 0 Å². The minimum absolute atomic E-state index is 0.0833. The molecule has 2 aliphatic heterocycles. The first-order valence-corrected chi connectivity index (χ1v) is 2.91. The van der Waals surface area contributed by atoms with E-state index in [0.29, 0.717) is 6.61 Å². The molecule has 3 nitrogen and oxygen atoms in total. The van der Waals surface area contributed by atoms with Gasteiger partial charge in [0.15, 0.2) is 0 Å². The van der Waals surface area contributed by atoms with E-state index in [-0.39, 0.29) is 18.2 Å². The van der Waals surface area contributed by atoms with Crippen molar-refractivity contribution in [2.45, 2.75) is 18.2 Å². The molecule has 0 amide bonds. The Kier molecular flexibility index (Phi) is 0.848. The highest BCUT2D eigenvalue weighted by Gasteiger charge is 2.41. The molecule has 0 aromatic heterocycles. The summed E-state index contributed by atoms with van der Waals surface area (Å²) in [5.74, 6) is 0. The number of hydrogen-bond donors (Lipinski definition) is 2. The molecule has 2 rings (SSSR count). The molecule has 2 N–H and O–H groups in total. The predicted molar refractivity (Wildman–Crippen MR) is 27.5 cm³/mol. The molecule has 0 saturated carbocycles. The Morgan fingerprint density at radius 1 is 1.62 bits per heavy atom. The number of ether oxygens (including phenoxy) is 1. The first-order valence-electron chi connectivity index (χ1n) is 2.91. The number of rotatable bonds is 0. The van der Waals surface area contributed by atoms with Crippen molar-refractivity contribution in [3.05, 3.63) is 0 Å². The zero-order valence-corrected chi connectivity index (χ0v) is 4.50. The van der Waals surface area contributed by atoms with Crippen molar-refractivity contribution in [2.24, 2.45) is 0 Å². The highest BCUT2D eigenvalue weighted by Crippen LogP contribution is 2.19. The van der Waals surface area contributed by atoms with Gasteiger partial charge in [-0.15, -0.1) is 0 Å². The van der Waals surface area contributed by atoms with Gasteiger partial charge in [0.2, 0.25) is 0 Å². The van der Waals surface area contributed by atoms with Crippen LogP contribution in [0.4, 0.5) is 0 Å². The molecule has 0 aromatic carbocycles. The number of fused-ring (bicyclic) bond motifs is 2. The van der Waals surface area contributed by atoms with Crippen LogP contribution >= 0.6 is 0 Å². The van der Waals surface area contributed by atoms with E-state index < -0.39 is 0 Å². The van der Waals surface area contributed by atoms with Gasteiger partial charge < -0.3 is 15.2 Å². The minimum Gasteiger partial charge on any atom is -0.389 e. The van der Waals surface area contributed by atoms with Crippen LogP contribution in [0.1, 0.15) is 0 Å². The Labute approximate surface area is 47.6 Å². The Hall–Kier alpha value is -0.120. The summed E-state index contributed by atoms with van der Waals surface area (Å²) >= 11 is 0. The van der Waals surface area contributed by atoms with Crippen molar-refractivity contribution >= 4 is 0 Å². The van der Waals surface area contributed by atoms with E-state index in [0.717, 1.165) is 6.54 Å². The number of nitrogens with one attached hydrogen (secondary N) is 1. The van der Waals surface area contributed by atoms with Gasteiger partial charge in [-0.25, -0.2) is 0 Å². The third-order valence-corrected chi connectivity index (χ3v) is 1.86. The molecule has 8 heavy (non-hydrogen) atoms. The lowest BCUT2D eigenvalue weighted by Gasteiger charge is -2.08. The first-order chi connectivity index (χ1) is 3.88. The SMILES string of the molecule is OC1[C@H]2CO[C@@H]1CN2. The molecular weight excluding hydrogens is 106 g/mol. The van der Waals surface area contributed by atoms with Gasteiger partial charge in [0.1, 0.15) is 0 Å².